The molecule has 10 heavy (non-hydrogen) atoms. The molecule has 1 aliphatic rings. The average molecular weight is 147 g/mol. The Labute approximate surface area is 62.4 Å². The number of aldehydes is 1. The first-order chi connectivity index (χ1) is 4.93. The first-order valence-electron chi connectivity index (χ1n) is 3.54. The van der Waals surface area contributed by atoms with Gasteiger partial charge in [0.25, 0.3) is 0 Å². The highest BCUT2D eigenvalue weighted by molar-refractivity contribution is 5.55. The molecule has 1 rings (SSSR count). The number of hydrogen-bond acceptors (Lipinski definition) is 3. The summed E-state index contributed by atoms with van der Waals surface area (Å²) in [5.41, 5.74) is 0. The van der Waals surface area contributed by atoms with Crippen LogP contribution in [0.3, 0.4) is 0 Å². The van der Waals surface area contributed by atoms with Crippen molar-refractivity contribution in [2.45, 2.75) is 13.8 Å². The first kappa shape index (κ1) is 12.3. The summed E-state index contributed by atoms with van der Waals surface area (Å²) in [4.78, 5) is 9.75. The monoisotopic (exact) mass is 147 g/mol. The van der Waals surface area contributed by atoms with E-state index in [1.807, 2.05) is 13.8 Å². The number of aliphatic hydroxyl groups excluding tert-OH is 1. The number of rotatable bonds is 1. The maximum Gasteiger partial charge on any atom is 0.125 e. The Kier molecular flexibility index (Phi) is 14.0. The lowest BCUT2D eigenvalue weighted by molar-refractivity contribution is -0.112. The lowest BCUT2D eigenvalue weighted by Crippen LogP contribution is -2.42. The second-order valence-electron chi connectivity index (χ2n) is 1.55. The third-order valence-corrected chi connectivity index (χ3v) is 1.01. The van der Waals surface area contributed by atoms with E-state index >= 15 is 0 Å². The number of carbonyl (C=O) groups excluding carboxylic acids is 1. The van der Waals surface area contributed by atoms with Crippen LogP contribution in [0, 0.1) is 5.92 Å². The van der Waals surface area contributed by atoms with Crippen molar-refractivity contribution in [2.24, 2.45) is 5.92 Å². The van der Waals surface area contributed by atoms with E-state index in [9.17, 15) is 4.79 Å². The summed E-state index contributed by atoms with van der Waals surface area (Å²) in [6.07, 6.45) is 0.997. The van der Waals surface area contributed by atoms with E-state index in [0.29, 0.717) is 5.92 Å². The quantitative estimate of drug-likeness (QED) is 0.515. The Morgan fingerprint density at radius 2 is 1.80 bits per heavy atom. The molecular weight excluding hydrogens is 130 g/mol. The van der Waals surface area contributed by atoms with Gasteiger partial charge in [0, 0.05) is 26.1 Å². The van der Waals surface area contributed by atoms with Crippen LogP contribution in [-0.2, 0) is 4.79 Å². The van der Waals surface area contributed by atoms with Crippen LogP contribution in [0.5, 0.6) is 0 Å². The van der Waals surface area contributed by atoms with Gasteiger partial charge >= 0.3 is 0 Å². The molecule has 0 bridgehead atoms. The summed E-state index contributed by atoms with van der Waals surface area (Å²) in [5.74, 6) is 0.324. The largest absolute Gasteiger partial charge is 0.400 e. The summed E-state index contributed by atoms with van der Waals surface area (Å²) in [6, 6.07) is 0. The van der Waals surface area contributed by atoms with Crippen LogP contribution in [0.2, 0.25) is 0 Å². The molecule has 0 radical (unpaired) electrons. The van der Waals surface area contributed by atoms with Crippen LogP contribution < -0.4 is 5.32 Å². The minimum absolute atomic E-state index is 0.324. The Bertz CT molecular complexity index is 62.6. The van der Waals surface area contributed by atoms with Crippen molar-refractivity contribution in [3.05, 3.63) is 0 Å². The summed E-state index contributed by atoms with van der Waals surface area (Å²) in [6.45, 7) is 5.78. The number of nitrogens with one attached hydrogen (secondary N) is 1. The Morgan fingerprint density at radius 3 is 1.80 bits per heavy atom. The van der Waals surface area contributed by atoms with Crippen molar-refractivity contribution < 1.29 is 9.90 Å². The molecule has 0 saturated carbocycles. The third kappa shape index (κ3) is 5.72. The van der Waals surface area contributed by atoms with Gasteiger partial charge in [0.05, 0.1) is 0 Å². The molecule has 3 nitrogen and oxygen atoms in total. The van der Waals surface area contributed by atoms with Gasteiger partial charge in [-0.2, -0.15) is 0 Å². The third-order valence-electron chi connectivity index (χ3n) is 1.01. The normalized spacial score (nSPS) is 14.8. The van der Waals surface area contributed by atoms with Gasteiger partial charge in [0.1, 0.15) is 6.29 Å². The maximum atomic E-state index is 9.75. The molecule has 1 heterocycles. The van der Waals surface area contributed by atoms with Crippen molar-refractivity contribution in [3.63, 3.8) is 0 Å². The van der Waals surface area contributed by atoms with Crippen LogP contribution in [0.1, 0.15) is 13.8 Å². The topological polar surface area (TPSA) is 49.3 Å². The molecular formula is C7H17NO2. The molecule has 0 aromatic rings. The summed E-state index contributed by atoms with van der Waals surface area (Å²) >= 11 is 0. The number of hydrogen-bond donors (Lipinski definition) is 2. The zero-order valence-electron chi connectivity index (χ0n) is 6.92. The van der Waals surface area contributed by atoms with Gasteiger partial charge in [-0.05, 0) is 0 Å². The van der Waals surface area contributed by atoms with Gasteiger partial charge < -0.3 is 15.2 Å². The van der Waals surface area contributed by atoms with Crippen molar-refractivity contribution in [2.75, 3.05) is 20.2 Å². The van der Waals surface area contributed by atoms with Crippen molar-refractivity contribution >= 4 is 6.29 Å². The zero-order chi connectivity index (χ0) is 8.41. The second kappa shape index (κ2) is 11.4. The fraction of sp³-hybridized carbons (Fsp3) is 0.857. The predicted molar refractivity (Wildman–Crippen MR) is 41.9 cm³/mol. The lowest BCUT2D eigenvalue weighted by atomic mass is 10.1. The second-order valence-corrected chi connectivity index (χ2v) is 1.55. The maximum absolute atomic E-state index is 9.75. The first-order valence-corrected chi connectivity index (χ1v) is 3.54. The van der Waals surface area contributed by atoms with Crippen LogP contribution in [0.15, 0.2) is 0 Å². The Balaban J connectivity index is 0. The molecule has 0 atom stereocenters. The molecule has 0 spiro atoms. The lowest BCUT2D eigenvalue weighted by Gasteiger charge is -2.20. The van der Waals surface area contributed by atoms with Gasteiger partial charge in [-0.1, -0.05) is 13.8 Å². The van der Waals surface area contributed by atoms with E-state index in [-0.39, 0.29) is 0 Å². The average Bonchev–Trinajstić information content (AvgIpc) is 1.95. The van der Waals surface area contributed by atoms with Gasteiger partial charge in [-0.3, -0.25) is 0 Å². The minimum Gasteiger partial charge on any atom is -0.400 e. The van der Waals surface area contributed by atoms with Crippen LogP contribution in [0.25, 0.3) is 0 Å². The van der Waals surface area contributed by atoms with Gasteiger partial charge in [0.15, 0.2) is 0 Å². The van der Waals surface area contributed by atoms with Gasteiger partial charge in [0.2, 0.25) is 0 Å². The standard InChI is InChI=1S/C4H7NO.C2H6.CH4O/c6-3-4-1-5-2-4;2*1-2/h3-5H,1-2H2;1-2H3;2H,1H3. The Morgan fingerprint density at radius 1 is 1.40 bits per heavy atom. The number of aliphatic hydroxyl groups is 1. The molecule has 0 unspecified atom stereocenters. The van der Waals surface area contributed by atoms with E-state index in [2.05, 4.69) is 5.32 Å². The zero-order valence-corrected chi connectivity index (χ0v) is 6.92. The summed E-state index contributed by atoms with van der Waals surface area (Å²) in [5, 5.41) is 9.98. The summed E-state index contributed by atoms with van der Waals surface area (Å²) < 4.78 is 0. The molecule has 2 N–H and O–H groups in total. The highest BCUT2D eigenvalue weighted by atomic mass is 16.2. The van der Waals surface area contributed by atoms with Crippen molar-refractivity contribution in [1.82, 2.24) is 5.32 Å². The minimum atomic E-state index is 0.324. The van der Waals surface area contributed by atoms with Crippen molar-refractivity contribution in [3.8, 4) is 0 Å². The van der Waals surface area contributed by atoms with Crippen LogP contribution in [-0.4, -0.2) is 31.6 Å². The molecule has 62 valence electrons. The van der Waals surface area contributed by atoms with E-state index in [1.165, 1.54) is 0 Å². The van der Waals surface area contributed by atoms with Crippen LogP contribution in [0.4, 0.5) is 0 Å². The van der Waals surface area contributed by atoms with E-state index < -0.39 is 0 Å². The summed E-state index contributed by atoms with van der Waals surface area (Å²) in [7, 11) is 1.00. The molecule has 0 amide bonds. The molecule has 1 saturated heterocycles. The fourth-order valence-electron chi connectivity index (χ4n) is 0.407. The molecule has 3 heteroatoms. The van der Waals surface area contributed by atoms with E-state index in [4.69, 9.17) is 5.11 Å². The highest BCUT2D eigenvalue weighted by Gasteiger charge is 2.13. The van der Waals surface area contributed by atoms with Crippen LogP contribution >= 0.6 is 0 Å². The van der Waals surface area contributed by atoms with E-state index in [1.54, 1.807) is 0 Å². The van der Waals surface area contributed by atoms with E-state index in [0.717, 1.165) is 26.5 Å². The fourth-order valence-corrected chi connectivity index (χ4v) is 0.407. The van der Waals surface area contributed by atoms with Gasteiger partial charge in [-0.15, -0.1) is 0 Å². The molecule has 0 aromatic heterocycles. The SMILES string of the molecule is CC.CO.O=CC1CNC1. The molecule has 0 aromatic carbocycles. The predicted octanol–water partition coefficient (Wildman–Crippen LogP) is 0.0394. The highest BCUT2D eigenvalue weighted by Crippen LogP contribution is 1.94. The molecule has 1 fully saturated rings. The Hall–Kier alpha value is -0.410. The van der Waals surface area contributed by atoms with Crippen molar-refractivity contribution in [1.29, 1.82) is 0 Å². The number of carbonyl (C=O) groups is 1. The molecule has 0 aliphatic carbocycles. The molecule has 1 aliphatic heterocycles. The van der Waals surface area contributed by atoms with Gasteiger partial charge in [-0.25, -0.2) is 0 Å². The smallest absolute Gasteiger partial charge is 0.125 e.